The van der Waals surface area contributed by atoms with Crippen LogP contribution in [0.15, 0.2) is 24.4 Å². The van der Waals surface area contributed by atoms with Gasteiger partial charge < -0.3 is 72.9 Å². The summed E-state index contributed by atoms with van der Waals surface area (Å²) in [6.07, 6.45) is 3.34. The summed E-state index contributed by atoms with van der Waals surface area (Å²) in [6, 6.07) is 3.53. The van der Waals surface area contributed by atoms with Crippen LogP contribution in [-0.2, 0) is 77.8 Å². The molecule has 0 aromatic carbocycles. The van der Waals surface area contributed by atoms with Crippen LogP contribution in [0.4, 0.5) is 0 Å². The number of pyridine rings is 1. The zero-order valence-electron chi connectivity index (χ0n) is 49.1. The number of carbonyl (C=O) groups is 5. The first-order valence-corrected chi connectivity index (χ1v) is 28.1. The Morgan fingerprint density at radius 2 is 1.24 bits per heavy atom. The van der Waals surface area contributed by atoms with E-state index in [0.717, 1.165) is 18.5 Å². The molecule has 3 N–H and O–H groups in total. The van der Waals surface area contributed by atoms with Crippen LogP contribution < -0.4 is 10.6 Å². The molecule has 2 heterocycles. The Kier molecular flexibility index (Phi) is 37.8. The number of rotatable bonds is 47. The van der Waals surface area contributed by atoms with Crippen LogP contribution in [0.2, 0.25) is 0 Å². The lowest BCUT2D eigenvalue weighted by Crippen LogP contribution is -2.60. The zero-order chi connectivity index (χ0) is 57.7. The van der Waals surface area contributed by atoms with Crippen molar-refractivity contribution in [2.45, 2.75) is 123 Å². The van der Waals surface area contributed by atoms with E-state index in [1.54, 1.807) is 32.4 Å². The lowest BCUT2D eigenvalue weighted by atomic mass is 9.89. The molecule has 4 amide bonds. The molecule has 1 aromatic heterocycles. The van der Waals surface area contributed by atoms with Crippen LogP contribution in [0.25, 0.3) is 0 Å². The number of likely N-dealkylation sites (N-methyl/N-ethyl adjacent to an activating group) is 2. The number of nitrogens with zero attached hydrogens (tertiary/aromatic N) is 4. The van der Waals surface area contributed by atoms with Crippen LogP contribution in [0.1, 0.15) is 86.3 Å². The van der Waals surface area contributed by atoms with Crippen molar-refractivity contribution in [3.05, 3.63) is 30.1 Å². The van der Waals surface area contributed by atoms with E-state index in [2.05, 4.69) is 15.6 Å². The number of aromatic nitrogens is 1. The molecule has 2 rings (SSSR count). The van der Waals surface area contributed by atoms with Crippen LogP contribution in [0.3, 0.4) is 0 Å². The zero-order valence-corrected chi connectivity index (χ0v) is 49.1. The van der Waals surface area contributed by atoms with Gasteiger partial charge >= 0.3 is 5.97 Å². The van der Waals surface area contributed by atoms with Gasteiger partial charge in [-0.25, -0.2) is 0 Å². The van der Waals surface area contributed by atoms with Gasteiger partial charge in [-0.1, -0.05) is 61.0 Å². The van der Waals surface area contributed by atoms with Crippen LogP contribution >= 0.6 is 0 Å². The fourth-order valence-corrected chi connectivity index (χ4v) is 9.46. The summed E-state index contributed by atoms with van der Waals surface area (Å²) in [5.74, 6) is -2.56. The predicted molar refractivity (Wildman–Crippen MR) is 294 cm³/mol. The molecule has 0 radical (unpaired) electrons. The minimum absolute atomic E-state index is 0.0215. The Balaban J connectivity index is 1.76. The smallest absolute Gasteiger partial charge is 0.305 e. The van der Waals surface area contributed by atoms with Gasteiger partial charge in [0.15, 0.2) is 0 Å². The van der Waals surface area contributed by atoms with Crippen molar-refractivity contribution in [2.24, 2.45) is 23.7 Å². The highest BCUT2D eigenvalue weighted by atomic mass is 16.6. The van der Waals surface area contributed by atoms with Crippen molar-refractivity contribution in [1.82, 2.24) is 30.3 Å². The van der Waals surface area contributed by atoms with Gasteiger partial charge in [-0.2, -0.15) is 0 Å². The first-order chi connectivity index (χ1) is 37.5. The molecule has 22 heteroatoms. The van der Waals surface area contributed by atoms with Crippen LogP contribution in [0.5, 0.6) is 0 Å². The summed E-state index contributed by atoms with van der Waals surface area (Å²) >= 11 is 0. The number of carbonyl (C=O) groups excluding carboxylic acids is 4. The number of hydrogen-bond donors (Lipinski definition) is 3. The molecule has 1 aromatic rings. The van der Waals surface area contributed by atoms with E-state index in [9.17, 15) is 24.0 Å². The predicted octanol–water partition coefficient (Wildman–Crippen LogP) is 3.37. The van der Waals surface area contributed by atoms with E-state index < -0.39 is 42.2 Å². The third kappa shape index (κ3) is 27.5. The SMILES string of the molecule is CC[C@H](C)[C@@H]([C@@H](CC(=O)N1CCC[C@H]1[C@H](OC)[C@@H](C)C(=O)NCCc1ccccn1)OC)N(C)C(=O)[C@@H](NC(=O)[C@H](C(C)C)N(C)CCOCCOCCOCCOCCOCCOCCOCCOCCC(=O)O)C(C)C. The molecule has 0 bridgehead atoms. The number of ether oxygens (including phenoxy) is 10. The van der Waals surface area contributed by atoms with Gasteiger partial charge in [0.05, 0.1) is 155 Å². The molecule has 1 aliphatic rings. The van der Waals surface area contributed by atoms with Gasteiger partial charge in [-0.3, -0.25) is 33.9 Å². The first-order valence-electron chi connectivity index (χ1n) is 28.1. The molecule has 0 saturated carbocycles. The Bertz CT molecular complexity index is 1770. The van der Waals surface area contributed by atoms with Crippen molar-refractivity contribution >= 4 is 29.6 Å². The van der Waals surface area contributed by atoms with Gasteiger partial charge in [-0.05, 0) is 49.8 Å². The average molecular weight is 1110 g/mol. The van der Waals surface area contributed by atoms with Gasteiger partial charge in [0.2, 0.25) is 23.6 Å². The Morgan fingerprint density at radius 3 is 1.69 bits per heavy atom. The van der Waals surface area contributed by atoms with E-state index in [1.807, 2.05) is 83.5 Å². The fraction of sp³-hybridized carbons (Fsp3) is 0.821. The number of hydrogen-bond acceptors (Lipinski definition) is 17. The lowest BCUT2D eigenvalue weighted by molar-refractivity contribution is -0.148. The molecular weight excluding hydrogens is 1010 g/mol. The number of aliphatic carboxylic acids is 1. The van der Waals surface area contributed by atoms with E-state index >= 15 is 0 Å². The summed E-state index contributed by atoms with van der Waals surface area (Å²) in [7, 11) is 6.76. The largest absolute Gasteiger partial charge is 0.481 e. The summed E-state index contributed by atoms with van der Waals surface area (Å²) in [6.45, 7) is 21.5. The van der Waals surface area contributed by atoms with Gasteiger partial charge in [0, 0.05) is 59.2 Å². The number of methoxy groups -OCH3 is 2. The standard InChI is InChI=1S/C56H100N6O16/c1-12-43(6)52(47(69-10)40-48(63)62-22-15-17-46(62)53(70-11)44(7)54(66)58-21-18-45-16-13-14-20-57-45)61(9)56(68)50(41(2)3)59-55(67)51(42(4)5)60(8)23-25-72-27-29-74-31-33-76-35-37-78-39-38-77-36-34-75-32-30-73-28-26-71-24-19-49(64)65/h13-14,16,20,41-44,46-47,50-53H,12,15,17-19,21-40H2,1-11H3,(H,58,66)(H,59,67)(H,64,65)/t43-,44+,46-,47+,50-,51-,52-,53+/m0/s1. The van der Waals surface area contributed by atoms with E-state index in [-0.39, 0.29) is 66.9 Å². The van der Waals surface area contributed by atoms with Crippen LogP contribution in [-0.4, -0.2) is 244 Å². The highest BCUT2D eigenvalue weighted by Gasteiger charge is 2.43. The van der Waals surface area contributed by atoms with Crippen molar-refractivity contribution in [2.75, 3.05) is 154 Å². The quantitative estimate of drug-likeness (QED) is 0.0793. The first kappa shape index (κ1) is 70.2. The molecule has 0 unspecified atom stereocenters. The number of carboxylic acid groups (broad SMARTS) is 1. The highest BCUT2D eigenvalue weighted by Crippen LogP contribution is 2.30. The van der Waals surface area contributed by atoms with Crippen molar-refractivity contribution in [3.8, 4) is 0 Å². The Morgan fingerprint density at radius 1 is 0.718 bits per heavy atom. The summed E-state index contributed by atoms with van der Waals surface area (Å²) in [5, 5.41) is 14.7. The second-order valence-electron chi connectivity index (χ2n) is 20.4. The molecule has 1 saturated heterocycles. The van der Waals surface area contributed by atoms with Crippen molar-refractivity contribution < 1.29 is 76.4 Å². The maximum absolute atomic E-state index is 14.6. The van der Waals surface area contributed by atoms with Gasteiger partial charge in [0.25, 0.3) is 0 Å². The maximum atomic E-state index is 14.6. The van der Waals surface area contributed by atoms with E-state index in [1.165, 1.54) is 0 Å². The maximum Gasteiger partial charge on any atom is 0.305 e. The summed E-state index contributed by atoms with van der Waals surface area (Å²) in [4.78, 5) is 76.6. The highest BCUT2D eigenvalue weighted by molar-refractivity contribution is 5.90. The van der Waals surface area contributed by atoms with Gasteiger partial charge in [-0.15, -0.1) is 0 Å². The molecule has 8 atom stereocenters. The summed E-state index contributed by atoms with van der Waals surface area (Å²) < 4.78 is 56.1. The third-order valence-corrected chi connectivity index (χ3v) is 13.9. The topological polar surface area (TPSA) is 245 Å². The van der Waals surface area contributed by atoms with Crippen molar-refractivity contribution in [3.63, 3.8) is 0 Å². The van der Waals surface area contributed by atoms with E-state index in [4.69, 9.17) is 52.5 Å². The molecular formula is C56H100N6O16. The van der Waals surface area contributed by atoms with Crippen molar-refractivity contribution in [1.29, 1.82) is 0 Å². The summed E-state index contributed by atoms with van der Waals surface area (Å²) in [5.41, 5.74) is 0.888. The van der Waals surface area contributed by atoms with Crippen LogP contribution in [0, 0.1) is 23.7 Å². The number of carboxylic acids is 1. The molecule has 1 aliphatic heterocycles. The lowest BCUT2D eigenvalue weighted by Gasteiger charge is -2.41. The Labute approximate surface area is 465 Å². The number of nitrogens with one attached hydrogen (secondary N) is 2. The number of likely N-dealkylation sites (tertiary alicyclic amines) is 1. The molecule has 0 aliphatic carbocycles. The minimum atomic E-state index is -0.889. The molecule has 22 nitrogen and oxygen atoms in total. The molecule has 450 valence electrons. The third-order valence-electron chi connectivity index (χ3n) is 13.9. The second kappa shape index (κ2) is 42.0. The molecule has 0 spiro atoms. The van der Waals surface area contributed by atoms with E-state index in [0.29, 0.717) is 132 Å². The Hall–Kier alpha value is -3.94. The molecule has 1 fully saturated rings. The number of amides is 4. The second-order valence-corrected chi connectivity index (χ2v) is 20.4. The fourth-order valence-electron chi connectivity index (χ4n) is 9.46. The minimum Gasteiger partial charge on any atom is -0.481 e. The monoisotopic (exact) mass is 1110 g/mol. The normalized spacial score (nSPS) is 16.5. The average Bonchev–Trinajstić information content (AvgIpc) is 3.93. The van der Waals surface area contributed by atoms with Gasteiger partial charge in [0.1, 0.15) is 6.04 Å². The molecule has 78 heavy (non-hydrogen) atoms.